The predicted molar refractivity (Wildman–Crippen MR) is 99.4 cm³/mol. The molecular weight excluding hydrogens is 332 g/mol. The molecule has 6 nitrogen and oxygen atoms in total. The number of nitro benzene ring substituents is 1. The fourth-order valence-electron chi connectivity index (χ4n) is 3.36. The first-order valence-electron chi connectivity index (χ1n) is 8.76. The van der Waals surface area contributed by atoms with Gasteiger partial charge in [-0.1, -0.05) is 30.3 Å². The summed E-state index contributed by atoms with van der Waals surface area (Å²) in [5, 5.41) is 14.6. The molecule has 0 saturated carbocycles. The Labute approximate surface area is 152 Å². The van der Waals surface area contributed by atoms with E-state index in [-0.39, 0.29) is 23.5 Å². The lowest BCUT2D eigenvalue weighted by Gasteiger charge is -2.32. The quantitative estimate of drug-likeness (QED) is 0.473. The van der Waals surface area contributed by atoms with Gasteiger partial charge in [0.2, 0.25) is 0 Å². The third kappa shape index (κ3) is 4.08. The Morgan fingerprint density at radius 1 is 1.27 bits per heavy atom. The summed E-state index contributed by atoms with van der Waals surface area (Å²) in [6.07, 6.45) is 1.94. The van der Waals surface area contributed by atoms with Crippen molar-refractivity contribution in [3.05, 3.63) is 69.8 Å². The molecule has 1 aliphatic heterocycles. The number of benzene rings is 2. The molecule has 2 aromatic carbocycles. The van der Waals surface area contributed by atoms with Crippen LogP contribution in [0.5, 0.6) is 0 Å². The molecule has 1 N–H and O–H groups in total. The predicted octanol–water partition coefficient (Wildman–Crippen LogP) is 4.38. The molecule has 2 aromatic rings. The van der Waals surface area contributed by atoms with Gasteiger partial charge in [0.25, 0.3) is 5.69 Å². The molecule has 1 fully saturated rings. The van der Waals surface area contributed by atoms with Gasteiger partial charge in [0.15, 0.2) is 5.78 Å². The summed E-state index contributed by atoms with van der Waals surface area (Å²) in [7, 11) is 0. The zero-order chi connectivity index (χ0) is 18.5. The minimum atomic E-state index is -0.458. The van der Waals surface area contributed by atoms with E-state index < -0.39 is 4.92 Å². The second-order valence-corrected chi connectivity index (χ2v) is 6.53. The van der Waals surface area contributed by atoms with Crippen molar-refractivity contribution in [2.24, 2.45) is 5.92 Å². The van der Waals surface area contributed by atoms with E-state index in [9.17, 15) is 14.9 Å². The Kier molecular flexibility index (Phi) is 5.63. The van der Waals surface area contributed by atoms with E-state index >= 15 is 0 Å². The Morgan fingerprint density at radius 2 is 2.04 bits per heavy atom. The number of ether oxygens (including phenoxy) is 1. The van der Waals surface area contributed by atoms with Crippen LogP contribution in [-0.2, 0) is 4.74 Å². The van der Waals surface area contributed by atoms with Crippen molar-refractivity contribution >= 4 is 17.2 Å². The van der Waals surface area contributed by atoms with Crippen LogP contribution in [0, 0.1) is 16.0 Å². The highest BCUT2D eigenvalue weighted by Crippen LogP contribution is 2.34. The zero-order valence-corrected chi connectivity index (χ0v) is 14.7. The number of nitrogens with one attached hydrogen (secondary N) is 1. The fourth-order valence-corrected chi connectivity index (χ4v) is 3.36. The van der Waals surface area contributed by atoms with E-state index in [4.69, 9.17) is 4.74 Å². The number of ketones is 1. The summed E-state index contributed by atoms with van der Waals surface area (Å²) >= 11 is 0. The molecule has 1 saturated heterocycles. The number of carbonyl (C=O) groups excluding carboxylic acids is 1. The van der Waals surface area contributed by atoms with Gasteiger partial charge in [0.05, 0.1) is 11.0 Å². The van der Waals surface area contributed by atoms with E-state index in [0.717, 1.165) is 25.0 Å². The van der Waals surface area contributed by atoms with Gasteiger partial charge in [-0.15, -0.1) is 0 Å². The summed E-state index contributed by atoms with van der Waals surface area (Å²) in [6.45, 7) is 2.69. The number of nitrogens with zero attached hydrogens (tertiary/aromatic N) is 1. The van der Waals surface area contributed by atoms with E-state index in [1.54, 1.807) is 12.1 Å². The van der Waals surface area contributed by atoms with E-state index in [0.29, 0.717) is 17.8 Å². The SMILES string of the molecule is CC(=O)c1ccc(NCC2CCCOC2c2ccccc2)c([N+](=O)[O-])c1. The van der Waals surface area contributed by atoms with Crippen molar-refractivity contribution in [2.75, 3.05) is 18.5 Å². The van der Waals surface area contributed by atoms with Gasteiger partial charge in [-0.05, 0) is 37.5 Å². The lowest BCUT2D eigenvalue weighted by atomic mass is 9.89. The molecule has 1 aliphatic rings. The lowest BCUT2D eigenvalue weighted by molar-refractivity contribution is -0.384. The molecule has 6 heteroatoms. The fraction of sp³-hybridized carbons (Fsp3) is 0.350. The van der Waals surface area contributed by atoms with Gasteiger partial charge in [0.1, 0.15) is 5.69 Å². The zero-order valence-electron chi connectivity index (χ0n) is 14.7. The third-order valence-corrected chi connectivity index (χ3v) is 4.73. The molecule has 0 aliphatic carbocycles. The molecule has 2 atom stereocenters. The van der Waals surface area contributed by atoms with E-state index in [1.807, 2.05) is 30.3 Å². The summed E-state index contributed by atoms with van der Waals surface area (Å²) in [6, 6.07) is 14.6. The van der Waals surface area contributed by atoms with E-state index in [2.05, 4.69) is 5.32 Å². The molecular formula is C20H22N2O4. The van der Waals surface area contributed by atoms with E-state index in [1.165, 1.54) is 13.0 Å². The summed E-state index contributed by atoms with van der Waals surface area (Å²) in [5.41, 5.74) is 1.81. The molecule has 2 unspecified atom stereocenters. The van der Waals surface area contributed by atoms with Crippen molar-refractivity contribution < 1.29 is 14.5 Å². The Hall–Kier alpha value is -2.73. The number of rotatable bonds is 6. The highest BCUT2D eigenvalue weighted by molar-refractivity contribution is 5.95. The number of nitro groups is 1. The maximum Gasteiger partial charge on any atom is 0.293 e. The minimum absolute atomic E-state index is 0.0204. The molecule has 0 spiro atoms. The number of anilines is 1. The number of hydrogen-bond donors (Lipinski definition) is 1. The van der Waals surface area contributed by atoms with Crippen LogP contribution in [-0.4, -0.2) is 23.9 Å². The average Bonchev–Trinajstić information content (AvgIpc) is 2.67. The molecule has 3 rings (SSSR count). The highest BCUT2D eigenvalue weighted by atomic mass is 16.6. The highest BCUT2D eigenvalue weighted by Gasteiger charge is 2.28. The maximum atomic E-state index is 11.5. The van der Waals surface area contributed by atoms with Crippen molar-refractivity contribution in [3.63, 3.8) is 0 Å². The van der Waals surface area contributed by atoms with Crippen LogP contribution in [0.3, 0.4) is 0 Å². The van der Waals surface area contributed by atoms with Crippen molar-refractivity contribution in [3.8, 4) is 0 Å². The van der Waals surface area contributed by atoms with Gasteiger partial charge >= 0.3 is 0 Å². The average molecular weight is 354 g/mol. The summed E-state index contributed by atoms with van der Waals surface area (Å²) in [4.78, 5) is 22.4. The molecule has 1 heterocycles. The summed E-state index contributed by atoms with van der Waals surface area (Å²) in [5.74, 6) is 0.0303. The number of carbonyl (C=O) groups is 1. The van der Waals surface area contributed by atoms with Gasteiger partial charge in [-0.2, -0.15) is 0 Å². The molecule has 0 bridgehead atoms. The monoisotopic (exact) mass is 354 g/mol. The molecule has 0 amide bonds. The molecule has 26 heavy (non-hydrogen) atoms. The topological polar surface area (TPSA) is 81.5 Å². The van der Waals surface area contributed by atoms with Crippen LogP contribution < -0.4 is 5.32 Å². The van der Waals surface area contributed by atoms with Gasteiger partial charge < -0.3 is 10.1 Å². The molecule has 0 aromatic heterocycles. The third-order valence-electron chi connectivity index (χ3n) is 4.73. The maximum absolute atomic E-state index is 11.5. The van der Waals surface area contributed by atoms with Crippen molar-refractivity contribution in [1.29, 1.82) is 0 Å². The van der Waals surface area contributed by atoms with Gasteiger partial charge in [-0.25, -0.2) is 0 Å². The van der Waals surface area contributed by atoms with Crippen LogP contribution in [0.15, 0.2) is 48.5 Å². The van der Waals surface area contributed by atoms with Gasteiger partial charge in [-0.3, -0.25) is 14.9 Å². The minimum Gasteiger partial charge on any atom is -0.379 e. The van der Waals surface area contributed by atoms with Crippen molar-refractivity contribution in [1.82, 2.24) is 0 Å². The lowest BCUT2D eigenvalue weighted by Crippen LogP contribution is -2.28. The van der Waals surface area contributed by atoms with Gasteiger partial charge in [0, 0.05) is 30.7 Å². The first-order chi connectivity index (χ1) is 12.6. The summed E-state index contributed by atoms with van der Waals surface area (Å²) < 4.78 is 5.97. The second kappa shape index (κ2) is 8.10. The first-order valence-corrected chi connectivity index (χ1v) is 8.76. The standard InChI is InChI=1S/C20H22N2O4/c1-14(23)16-9-10-18(19(12-16)22(24)25)21-13-17-8-5-11-26-20(17)15-6-3-2-4-7-15/h2-4,6-7,9-10,12,17,20-21H,5,8,11,13H2,1H3. The molecule has 136 valence electrons. The Bertz CT molecular complexity index is 792. The second-order valence-electron chi connectivity index (χ2n) is 6.53. The van der Waals surface area contributed by atoms with Crippen LogP contribution in [0.1, 0.15) is 41.8 Å². The number of Topliss-reactive ketones (excluding diaryl/α,β-unsaturated/α-hetero) is 1. The van der Waals surface area contributed by atoms with Crippen LogP contribution in [0.25, 0.3) is 0 Å². The van der Waals surface area contributed by atoms with Crippen LogP contribution in [0.2, 0.25) is 0 Å². The first kappa shape index (κ1) is 18.1. The number of hydrogen-bond acceptors (Lipinski definition) is 5. The van der Waals surface area contributed by atoms with Crippen LogP contribution in [0.4, 0.5) is 11.4 Å². The normalized spacial score (nSPS) is 19.7. The molecule has 0 radical (unpaired) electrons. The Balaban J connectivity index is 1.76. The Morgan fingerprint density at radius 3 is 2.73 bits per heavy atom. The van der Waals surface area contributed by atoms with Crippen LogP contribution >= 0.6 is 0 Å². The van der Waals surface area contributed by atoms with Crippen molar-refractivity contribution in [2.45, 2.75) is 25.9 Å². The largest absolute Gasteiger partial charge is 0.379 e. The smallest absolute Gasteiger partial charge is 0.293 e.